The Labute approximate surface area is 167 Å². The Morgan fingerprint density at radius 3 is 2.41 bits per heavy atom. The second kappa shape index (κ2) is 8.43. The van der Waals surface area contributed by atoms with Crippen molar-refractivity contribution in [3.63, 3.8) is 0 Å². The number of para-hydroxylation sites is 1. The Morgan fingerprint density at radius 2 is 1.62 bits per heavy atom. The molecule has 3 N–H and O–H groups in total. The van der Waals surface area contributed by atoms with E-state index in [1.165, 1.54) is 0 Å². The number of H-pyrrole nitrogens is 1. The Morgan fingerprint density at radius 1 is 0.897 bits per heavy atom. The maximum atomic E-state index is 12.2. The summed E-state index contributed by atoms with van der Waals surface area (Å²) in [4.78, 5) is 24.4. The van der Waals surface area contributed by atoms with Crippen molar-refractivity contribution in [1.29, 1.82) is 0 Å². The van der Waals surface area contributed by atoms with Crippen molar-refractivity contribution in [2.75, 3.05) is 13.1 Å². The van der Waals surface area contributed by atoms with Crippen molar-refractivity contribution in [2.45, 2.75) is 6.42 Å². The lowest BCUT2D eigenvalue weighted by Gasteiger charge is -2.04. The molecule has 0 radical (unpaired) electrons. The standard InChI is InChI=1S/C22H20N4O3/c27-21(18-14-17(25-26-18)15-7-2-1-3-8-15)23-11-6-12-24-22(28)20-13-16-9-4-5-10-19(16)29-20/h1-5,7-10,13-14H,6,11-12H2,(H,23,27)(H,24,28)(H,25,26). The lowest BCUT2D eigenvalue weighted by atomic mass is 10.1. The number of amides is 2. The highest BCUT2D eigenvalue weighted by Gasteiger charge is 2.12. The molecule has 146 valence electrons. The average Bonchev–Trinajstić information content (AvgIpc) is 3.41. The minimum Gasteiger partial charge on any atom is -0.451 e. The summed E-state index contributed by atoms with van der Waals surface area (Å²) >= 11 is 0. The fraction of sp³-hybridized carbons (Fsp3) is 0.136. The zero-order valence-electron chi connectivity index (χ0n) is 15.6. The van der Waals surface area contributed by atoms with E-state index in [0.29, 0.717) is 30.8 Å². The van der Waals surface area contributed by atoms with Gasteiger partial charge in [0.15, 0.2) is 11.5 Å². The van der Waals surface area contributed by atoms with E-state index in [1.54, 1.807) is 12.1 Å². The number of hydrogen-bond acceptors (Lipinski definition) is 4. The molecule has 0 fully saturated rings. The van der Waals surface area contributed by atoms with Gasteiger partial charge in [-0.3, -0.25) is 14.7 Å². The molecule has 0 bridgehead atoms. The molecule has 0 unspecified atom stereocenters. The van der Waals surface area contributed by atoms with E-state index in [1.807, 2.05) is 54.6 Å². The summed E-state index contributed by atoms with van der Waals surface area (Å²) < 4.78 is 5.53. The first-order valence-corrected chi connectivity index (χ1v) is 9.36. The SMILES string of the molecule is O=C(NCCCNC(=O)c1cc2ccccc2o1)c1cc(-c2ccccc2)[nH]n1. The number of aromatic nitrogens is 2. The van der Waals surface area contributed by atoms with Gasteiger partial charge in [-0.1, -0.05) is 48.5 Å². The molecule has 0 aliphatic carbocycles. The largest absolute Gasteiger partial charge is 0.451 e. The molecule has 0 aliphatic rings. The molecular formula is C22H20N4O3. The summed E-state index contributed by atoms with van der Waals surface area (Å²) in [6.07, 6.45) is 0.591. The molecule has 4 rings (SSSR count). The number of nitrogens with zero attached hydrogens (tertiary/aromatic N) is 1. The Kier molecular flexibility index (Phi) is 5.38. The highest BCUT2D eigenvalue weighted by atomic mass is 16.3. The number of nitrogens with one attached hydrogen (secondary N) is 3. The number of carbonyl (C=O) groups excluding carboxylic acids is 2. The van der Waals surface area contributed by atoms with Gasteiger partial charge in [0, 0.05) is 18.5 Å². The van der Waals surface area contributed by atoms with Crippen LogP contribution in [0, 0.1) is 0 Å². The van der Waals surface area contributed by atoms with Gasteiger partial charge in [0.25, 0.3) is 11.8 Å². The van der Waals surface area contributed by atoms with E-state index in [9.17, 15) is 9.59 Å². The predicted molar refractivity (Wildman–Crippen MR) is 110 cm³/mol. The van der Waals surface area contributed by atoms with Gasteiger partial charge in [-0.25, -0.2) is 0 Å². The third-order valence-corrected chi connectivity index (χ3v) is 4.47. The van der Waals surface area contributed by atoms with Crippen molar-refractivity contribution in [3.8, 4) is 11.3 Å². The van der Waals surface area contributed by atoms with E-state index in [-0.39, 0.29) is 17.6 Å². The summed E-state index contributed by atoms with van der Waals surface area (Å²) in [6, 6.07) is 20.6. The topological polar surface area (TPSA) is 100 Å². The molecule has 29 heavy (non-hydrogen) atoms. The molecule has 0 saturated heterocycles. The van der Waals surface area contributed by atoms with E-state index in [0.717, 1.165) is 16.6 Å². The lowest BCUT2D eigenvalue weighted by molar-refractivity contribution is 0.0927. The highest BCUT2D eigenvalue weighted by molar-refractivity contribution is 5.96. The minimum absolute atomic E-state index is 0.257. The first-order valence-electron chi connectivity index (χ1n) is 9.36. The molecule has 2 aromatic carbocycles. The molecule has 0 aliphatic heterocycles. The number of carbonyl (C=O) groups is 2. The third-order valence-electron chi connectivity index (χ3n) is 4.47. The van der Waals surface area contributed by atoms with Gasteiger partial charge in [-0.2, -0.15) is 5.10 Å². The van der Waals surface area contributed by atoms with Crippen LogP contribution in [0.2, 0.25) is 0 Å². The number of benzene rings is 2. The van der Waals surface area contributed by atoms with Crippen LogP contribution in [0.5, 0.6) is 0 Å². The molecule has 0 spiro atoms. The molecule has 2 aromatic heterocycles. The zero-order valence-corrected chi connectivity index (χ0v) is 15.6. The van der Waals surface area contributed by atoms with Gasteiger partial charge >= 0.3 is 0 Å². The summed E-state index contributed by atoms with van der Waals surface area (Å²) in [7, 11) is 0. The monoisotopic (exact) mass is 388 g/mol. The van der Waals surface area contributed by atoms with Crippen LogP contribution >= 0.6 is 0 Å². The van der Waals surface area contributed by atoms with Crippen LogP contribution < -0.4 is 10.6 Å². The van der Waals surface area contributed by atoms with E-state index in [2.05, 4.69) is 20.8 Å². The molecule has 0 saturated carbocycles. The summed E-state index contributed by atoms with van der Waals surface area (Å²) in [6.45, 7) is 0.846. The molecule has 7 nitrogen and oxygen atoms in total. The van der Waals surface area contributed by atoms with Crippen LogP contribution in [0.15, 0.2) is 71.1 Å². The Hall–Kier alpha value is -3.87. The molecular weight excluding hydrogens is 368 g/mol. The number of aromatic amines is 1. The molecule has 7 heteroatoms. The van der Waals surface area contributed by atoms with E-state index in [4.69, 9.17) is 4.42 Å². The quantitative estimate of drug-likeness (QED) is 0.423. The molecule has 0 atom stereocenters. The van der Waals surface area contributed by atoms with Crippen molar-refractivity contribution >= 4 is 22.8 Å². The molecule has 4 aromatic rings. The van der Waals surface area contributed by atoms with Crippen molar-refractivity contribution in [2.24, 2.45) is 0 Å². The van der Waals surface area contributed by atoms with E-state index >= 15 is 0 Å². The summed E-state index contributed by atoms with van der Waals surface area (Å²) in [5.41, 5.74) is 2.76. The Balaban J connectivity index is 1.22. The van der Waals surface area contributed by atoms with Crippen LogP contribution in [0.4, 0.5) is 0 Å². The van der Waals surface area contributed by atoms with Crippen LogP contribution in [0.1, 0.15) is 27.5 Å². The first-order chi connectivity index (χ1) is 14.2. The Bertz CT molecular complexity index is 1100. The van der Waals surface area contributed by atoms with Crippen LogP contribution in [-0.4, -0.2) is 35.1 Å². The molecule has 2 amide bonds. The van der Waals surface area contributed by atoms with Crippen molar-refractivity contribution in [3.05, 3.63) is 78.2 Å². The maximum Gasteiger partial charge on any atom is 0.287 e. The number of fused-ring (bicyclic) bond motifs is 1. The molecule has 2 heterocycles. The highest BCUT2D eigenvalue weighted by Crippen LogP contribution is 2.18. The average molecular weight is 388 g/mol. The van der Waals surface area contributed by atoms with Crippen LogP contribution in [0.25, 0.3) is 22.2 Å². The first kappa shape index (κ1) is 18.5. The summed E-state index contributed by atoms with van der Waals surface area (Å²) in [5, 5.41) is 13.4. The second-order valence-corrected chi connectivity index (χ2v) is 6.55. The van der Waals surface area contributed by atoms with Crippen LogP contribution in [-0.2, 0) is 0 Å². The van der Waals surface area contributed by atoms with E-state index < -0.39 is 0 Å². The van der Waals surface area contributed by atoms with Gasteiger partial charge in [-0.15, -0.1) is 0 Å². The lowest BCUT2D eigenvalue weighted by Crippen LogP contribution is -2.29. The van der Waals surface area contributed by atoms with Gasteiger partial charge < -0.3 is 15.1 Å². The van der Waals surface area contributed by atoms with Crippen molar-refractivity contribution in [1.82, 2.24) is 20.8 Å². The fourth-order valence-electron chi connectivity index (χ4n) is 2.97. The summed E-state index contributed by atoms with van der Waals surface area (Å²) in [5.74, 6) is -0.250. The normalized spacial score (nSPS) is 10.8. The fourth-order valence-corrected chi connectivity index (χ4v) is 2.97. The van der Waals surface area contributed by atoms with Crippen LogP contribution in [0.3, 0.4) is 0 Å². The minimum atomic E-state index is -0.271. The smallest absolute Gasteiger partial charge is 0.287 e. The predicted octanol–water partition coefficient (Wildman–Crippen LogP) is 3.37. The van der Waals surface area contributed by atoms with Gasteiger partial charge in [0.1, 0.15) is 5.58 Å². The number of rotatable bonds is 7. The van der Waals surface area contributed by atoms with Gasteiger partial charge in [0.05, 0.1) is 5.69 Å². The van der Waals surface area contributed by atoms with Crippen molar-refractivity contribution < 1.29 is 14.0 Å². The second-order valence-electron chi connectivity index (χ2n) is 6.55. The third kappa shape index (κ3) is 4.35. The number of furan rings is 1. The maximum absolute atomic E-state index is 12.2. The van der Waals surface area contributed by atoms with Gasteiger partial charge in [0.2, 0.25) is 0 Å². The number of hydrogen-bond donors (Lipinski definition) is 3. The van der Waals surface area contributed by atoms with Gasteiger partial charge in [-0.05, 0) is 30.2 Å². The zero-order chi connectivity index (χ0) is 20.1.